The molecule has 0 saturated heterocycles. The van der Waals surface area contributed by atoms with Crippen molar-refractivity contribution in [2.45, 2.75) is 13.5 Å². The second-order valence-corrected chi connectivity index (χ2v) is 3.70. The molecule has 3 rings (SSSR count). The third-order valence-corrected chi connectivity index (χ3v) is 2.52. The number of nitrogens with zero attached hydrogens (tertiary/aromatic N) is 3. The number of anilines is 1. The van der Waals surface area contributed by atoms with Gasteiger partial charge in [0.15, 0.2) is 11.3 Å². The lowest BCUT2D eigenvalue weighted by molar-refractivity contribution is 0.518. The van der Waals surface area contributed by atoms with Crippen molar-refractivity contribution >= 4 is 16.9 Å². The second-order valence-electron chi connectivity index (χ2n) is 3.70. The van der Waals surface area contributed by atoms with Gasteiger partial charge in [-0.1, -0.05) is 0 Å². The number of furan rings is 1. The molecule has 0 unspecified atom stereocenters. The van der Waals surface area contributed by atoms with E-state index >= 15 is 0 Å². The minimum Gasteiger partial charge on any atom is -0.467 e. The molecule has 0 aliphatic carbocycles. The van der Waals surface area contributed by atoms with E-state index in [1.807, 2.05) is 19.1 Å². The van der Waals surface area contributed by atoms with Crippen molar-refractivity contribution < 1.29 is 4.42 Å². The summed E-state index contributed by atoms with van der Waals surface area (Å²) in [5, 5.41) is 10.2. The Balaban J connectivity index is 1.90. The molecule has 0 aliphatic heterocycles. The molecule has 0 spiro atoms. The molecular formula is C11H11N5O. The quantitative estimate of drug-likeness (QED) is 0.716. The van der Waals surface area contributed by atoms with Gasteiger partial charge in [-0.15, -0.1) is 0 Å². The Hall–Kier alpha value is -2.37. The van der Waals surface area contributed by atoms with Gasteiger partial charge in [0.1, 0.15) is 17.6 Å². The van der Waals surface area contributed by atoms with Crippen LogP contribution < -0.4 is 5.32 Å². The second kappa shape index (κ2) is 3.89. The standard InChI is InChI=1S/C11H11N5O/c1-7-9-10(16-15-7)11(14-6-13-9)12-5-8-3-2-4-17-8/h2-4,6H,5H2,1H3,(H,15,16)(H,12,13,14). The van der Waals surface area contributed by atoms with E-state index in [9.17, 15) is 0 Å². The van der Waals surface area contributed by atoms with Gasteiger partial charge in [0.05, 0.1) is 18.5 Å². The van der Waals surface area contributed by atoms with Crippen LogP contribution in [0.15, 0.2) is 29.1 Å². The van der Waals surface area contributed by atoms with Crippen LogP contribution >= 0.6 is 0 Å². The van der Waals surface area contributed by atoms with Crippen molar-refractivity contribution in [2.75, 3.05) is 5.32 Å². The maximum atomic E-state index is 5.24. The van der Waals surface area contributed by atoms with Gasteiger partial charge >= 0.3 is 0 Å². The highest BCUT2D eigenvalue weighted by Gasteiger charge is 2.08. The van der Waals surface area contributed by atoms with Gasteiger partial charge in [-0.05, 0) is 19.1 Å². The summed E-state index contributed by atoms with van der Waals surface area (Å²) < 4.78 is 5.24. The third-order valence-electron chi connectivity index (χ3n) is 2.52. The Kier molecular flexibility index (Phi) is 2.25. The Labute approximate surface area is 97.1 Å². The van der Waals surface area contributed by atoms with Crippen LogP contribution in [0.5, 0.6) is 0 Å². The van der Waals surface area contributed by atoms with Crippen molar-refractivity contribution in [1.29, 1.82) is 0 Å². The molecule has 3 aromatic rings. The average Bonchev–Trinajstić information content (AvgIpc) is 2.97. The van der Waals surface area contributed by atoms with Crippen molar-refractivity contribution in [2.24, 2.45) is 0 Å². The molecule has 0 fully saturated rings. The number of H-pyrrole nitrogens is 1. The number of hydrogen-bond acceptors (Lipinski definition) is 5. The first-order valence-electron chi connectivity index (χ1n) is 5.26. The molecule has 86 valence electrons. The van der Waals surface area contributed by atoms with Gasteiger partial charge in [-0.25, -0.2) is 9.97 Å². The lowest BCUT2D eigenvalue weighted by atomic mass is 10.3. The van der Waals surface area contributed by atoms with Crippen LogP contribution in [0.4, 0.5) is 5.82 Å². The van der Waals surface area contributed by atoms with Gasteiger partial charge in [0, 0.05) is 0 Å². The molecule has 17 heavy (non-hydrogen) atoms. The van der Waals surface area contributed by atoms with E-state index in [2.05, 4.69) is 25.5 Å². The van der Waals surface area contributed by atoms with Crippen LogP contribution in [0.25, 0.3) is 11.0 Å². The summed E-state index contributed by atoms with van der Waals surface area (Å²) in [5.41, 5.74) is 2.52. The first-order valence-corrected chi connectivity index (χ1v) is 5.26. The number of nitrogens with one attached hydrogen (secondary N) is 2. The van der Waals surface area contributed by atoms with Crippen LogP contribution in [0, 0.1) is 6.92 Å². The average molecular weight is 229 g/mol. The van der Waals surface area contributed by atoms with Crippen molar-refractivity contribution in [1.82, 2.24) is 20.2 Å². The fourth-order valence-corrected chi connectivity index (χ4v) is 1.67. The van der Waals surface area contributed by atoms with E-state index in [1.54, 1.807) is 6.26 Å². The number of aromatic amines is 1. The van der Waals surface area contributed by atoms with Crippen molar-refractivity contribution in [3.8, 4) is 0 Å². The maximum Gasteiger partial charge on any atom is 0.158 e. The van der Waals surface area contributed by atoms with E-state index < -0.39 is 0 Å². The van der Waals surface area contributed by atoms with Gasteiger partial charge < -0.3 is 9.73 Å². The van der Waals surface area contributed by atoms with E-state index in [0.717, 1.165) is 22.5 Å². The lowest BCUT2D eigenvalue weighted by Crippen LogP contribution is -2.01. The molecule has 0 aromatic carbocycles. The van der Waals surface area contributed by atoms with Crippen molar-refractivity contribution in [3.05, 3.63) is 36.2 Å². The number of aryl methyl sites for hydroxylation is 1. The molecule has 0 radical (unpaired) electrons. The maximum absolute atomic E-state index is 5.24. The molecule has 0 amide bonds. The Morgan fingerprint density at radius 2 is 2.29 bits per heavy atom. The highest BCUT2D eigenvalue weighted by atomic mass is 16.3. The predicted molar refractivity (Wildman–Crippen MR) is 62.5 cm³/mol. The summed E-state index contributed by atoms with van der Waals surface area (Å²) in [5.74, 6) is 1.56. The highest BCUT2D eigenvalue weighted by molar-refractivity contribution is 5.86. The van der Waals surface area contributed by atoms with Crippen LogP contribution in [0.1, 0.15) is 11.5 Å². The minimum absolute atomic E-state index is 0.574. The summed E-state index contributed by atoms with van der Waals surface area (Å²) >= 11 is 0. The normalized spacial score (nSPS) is 10.9. The Morgan fingerprint density at radius 3 is 3.12 bits per heavy atom. The van der Waals surface area contributed by atoms with E-state index in [-0.39, 0.29) is 0 Å². The first kappa shape index (κ1) is 9.83. The molecule has 6 heteroatoms. The van der Waals surface area contributed by atoms with E-state index in [0.29, 0.717) is 12.4 Å². The predicted octanol–water partition coefficient (Wildman–Crippen LogP) is 1.87. The molecule has 2 N–H and O–H groups in total. The zero-order chi connectivity index (χ0) is 11.7. The first-order chi connectivity index (χ1) is 8.34. The number of aromatic nitrogens is 4. The zero-order valence-corrected chi connectivity index (χ0v) is 9.27. The largest absolute Gasteiger partial charge is 0.467 e. The number of fused-ring (bicyclic) bond motifs is 1. The van der Waals surface area contributed by atoms with Crippen LogP contribution in [-0.2, 0) is 6.54 Å². The SMILES string of the molecule is Cc1[nH]nc2c(NCc3ccco3)ncnc12. The topological polar surface area (TPSA) is 79.6 Å². The third kappa shape index (κ3) is 1.73. The van der Waals surface area contributed by atoms with Gasteiger partial charge in [-0.3, -0.25) is 5.10 Å². The summed E-state index contributed by atoms with van der Waals surface area (Å²) in [6.07, 6.45) is 3.17. The fraction of sp³-hybridized carbons (Fsp3) is 0.182. The van der Waals surface area contributed by atoms with Crippen LogP contribution in [0.3, 0.4) is 0 Å². The number of rotatable bonds is 3. The molecule has 6 nitrogen and oxygen atoms in total. The van der Waals surface area contributed by atoms with E-state index in [4.69, 9.17) is 4.42 Å². The van der Waals surface area contributed by atoms with Gasteiger partial charge in [0.2, 0.25) is 0 Å². The van der Waals surface area contributed by atoms with Gasteiger partial charge in [0.25, 0.3) is 0 Å². The molecular weight excluding hydrogens is 218 g/mol. The summed E-state index contributed by atoms with van der Waals surface area (Å²) in [6.45, 7) is 2.50. The Bertz CT molecular complexity index is 628. The summed E-state index contributed by atoms with van der Waals surface area (Å²) in [7, 11) is 0. The molecule has 3 aromatic heterocycles. The molecule has 3 heterocycles. The molecule has 0 atom stereocenters. The highest BCUT2D eigenvalue weighted by Crippen LogP contribution is 2.19. The van der Waals surface area contributed by atoms with Gasteiger partial charge in [-0.2, -0.15) is 5.10 Å². The molecule has 0 aliphatic rings. The monoisotopic (exact) mass is 229 g/mol. The molecule has 0 bridgehead atoms. The van der Waals surface area contributed by atoms with E-state index in [1.165, 1.54) is 6.33 Å². The fourth-order valence-electron chi connectivity index (χ4n) is 1.67. The van der Waals surface area contributed by atoms with Crippen molar-refractivity contribution in [3.63, 3.8) is 0 Å². The lowest BCUT2D eigenvalue weighted by Gasteiger charge is -2.02. The summed E-state index contributed by atoms with van der Waals surface area (Å²) in [4.78, 5) is 8.35. The zero-order valence-electron chi connectivity index (χ0n) is 9.27. The number of hydrogen-bond donors (Lipinski definition) is 2. The smallest absolute Gasteiger partial charge is 0.158 e. The minimum atomic E-state index is 0.574. The van der Waals surface area contributed by atoms with Crippen LogP contribution in [0.2, 0.25) is 0 Å². The summed E-state index contributed by atoms with van der Waals surface area (Å²) in [6, 6.07) is 3.76. The van der Waals surface area contributed by atoms with Crippen LogP contribution in [-0.4, -0.2) is 20.2 Å². The molecule has 0 saturated carbocycles. The Morgan fingerprint density at radius 1 is 1.35 bits per heavy atom.